The van der Waals surface area contributed by atoms with Crippen LogP contribution in [0.25, 0.3) is 11.3 Å². The van der Waals surface area contributed by atoms with Gasteiger partial charge in [0.05, 0.1) is 11.1 Å². The minimum atomic E-state index is -0.873. The Kier molecular flexibility index (Phi) is 8.11. The summed E-state index contributed by atoms with van der Waals surface area (Å²) in [7, 11) is 0. The van der Waals surface area contributed by atoms with E-state index in [4.69, 9.17) is 4.52 Å². The first kappa shape index (κ1) is 26.1. The number of carbonyl (C=O) groups is 2. The number of nitrogens with one attached hydrogen (secondary N) is 2. The highest BCUT2D eigenvalue weighted by atomic mass is 16.5. The van der Waals surface area contributed by atoms with E-state index in [9.17, 15) is 19.8 Å². The highest BCUT2D eigenvalue weighted by Crippen LogP contribution is 2.39. The molecule has 0 unspecified atom stereocenters. The average Bonchev–Trinajstić information content (AvgIpc) is 3.22. The van der Waals surface area contributed by atoms with Crippen molar-refractivity contribution in [2.24, 2.45) is 5.92 Å². The lowest BCUT2D eigenvalue weighted by molar-refractivity contribution is -0.127. The van der Waals surface area contributed by atoms with Crippen molar-refractivity contribution in [1.82, 2.24) is 15.8 Å². The number of hydrogen-bond donors (Lipinski definition) is 4. The molecular formula is C27H35N3O5. The van der Waals surface area contributed by atoms with Gasteiger partial charge in [-0.2, -0.15) is 0 Å². The molecule has 35 heavy (non-hydrogen) atoms. The molecule has 1 aromatic heterocycles. The fraction of sp³-hybridized carbons (Fsp3) is 0.519. The number of hydrogen-bond acceptors (Lipinski definition) is 6. The van der Waals surface area contributed by atoms with Crippen LogP contribution in [0.2, 0.25) is 0 Å². The van der Waals surface area contributed by atoms with Crippen LogP contribution in [-0.4, -0.2) is 39.3 Å². The molecule has 188 valence electrons. The monoisotopic (exact) mass is 481 g/mol. The largest absolute Gasteiger partial charge is 0.508 e. The van der Waals surface area contributed by atoms with Crippen LogP contribution < -0.4 is 10.6 Å². The molecule has 1 aliphatic rings. The van der Waals surface area contributed by atoms with Gasteiger partial charge in [0.25, 0.3) is 5.91 Å². The Balaban J connectivity index is 2.02. The molecule has 8 heteroatoms. The van der Waals surface area contributed by atoms with Crippen LogP contribution in [0.4, 0.5) is 0 Å². The molecule has 4 N–H and O–H groups in total. The smallest absolute Gasteiger partial charge is 0.274 e. The van der Waals surface area contributed by atoms with Gasteiger partial charge in [-0.1, -0.05) is 50.1 Å². The third-order valence-electron chi connectivity index (χ3n) is 6.17. The van der Waals surface area contributed by atoms with Crippen molar-refractivity contribution >= 4 is 11.8 Å². The van der Waals surface area contributed by atoms with E-state index in [0.717, 1.165) is 32.1 Å². The fourth-order valence-corrected chi connectivity index (χ4v) is 4.25. The lowest BCUT2D eigenvalue weighted by atomic mass is 9.88. The molecule has 8 nitrogen and oxygen atoms in total. The number of aromatic nitrogens is 1. The molecule has 0 spiro atoms. The third kappa shape index (κ3) is 6.16. The SMILES string of the molecule is CCNC(=O)c1noc(-c2cc(C(C)C)c(O)cc2O)c1C#CC(C)(C)NC(=O)C1CCCCC1. The van der Waals surface area contributed by atoms with E-state index in [1.807, 2.05) is 13.8 Å². The number of nitrogens with zero attached hydrogens (tertiary/aromatic N) is 1. The van der Waals surface area contributed by atoms with Crippen LogP contribution in [0.5, 0.6) is 11.5 Å². The Morgan fingerprint density at radius 1 is 1.17 bits per heavy atom. The molecule has 3 rings (SSSR count). The summed E-state index contributed by atoms with van der Waals surface area (Å²) in [6.07, 6.45) is 5.03. The van der Waals surface area contributed by atoms with Crippen molar-refractivity contribution in [3.05, 3.63) is 29.0 Å². The molecule has 2 aromatic rings. The van der Waals surface area contributed by atoms with Crippen molar-refractivity contribution in [3.63, 3.8) is 0 Å². The molecule has 1 fully saturated rings. The molecule has 1 saturated carbocycles. The average molecular weight is 482 g/mol. The van der Waals surface area contributed by atoms with E-state index in [1.165, 1.54) is 6.07 Å². The van der Waals surface area contributed by atoms with Crippen molar-refractivity contribution < 1.29 is 24.3 Å². The normalized spacial score (nSPS) is 14.3. The van der Waals surface area contributed by atoms with E-state index in [1.54, 1.807) is 26.8 Å². The van der Waals surface area contributed by atoms with Crippen molar-refractivity contribution in [3.8, 4) is 34.7 Å². The second-order valence-corrected chi connectivity index (χ2v) is 9.88. The standard InChI is InChI=1S/C27H35N3O5/c1-6-28-26(34)23-18(12-13-27(4,5)29-25(33)17-10-8-7-9-11-17)24(35-30-23)20-14-19(16(2)3)21(31)15-22(20)32/h14-17,31-32H,6-11H2,1-5H3,(H,28,34)(H,29,33). The number of phenolic OH excluding ortho intramolecular Hbond substituents is 2. The van der Waals surface area contributed by atoms with E-state index < -0.39 is 11.4 Å². The van der Waals surface area contributed by atoms with Gasteiger partial charge in [-0.15, -0.1) is 0 Å². The molecule has 1 aliphatic carbocycles. The predicted octanol–water partition coefficient (Wildman–Crippen LogP) is 4.45. The minimum absolute atomic E-state index is 0.00901. The summed E-state index contributed by atoms with van der Waals surface area (Å²) in [6.45, 7) is 9.60. The molecule has 1 aromatic carbocycles. The lowest BCUT2D eigenvalue weighted by Gasteiger charge is -2.26. The Labute approximate surface area is 206 Å². The van der Waals surface area contributed by atoms with Crippen LogP contribution in [0.3, 0.4) is 0 Å². The van der Waals surface area contributed by atoms with Crippen LogP contribution in [-0.2, 0) is 4.79 Å². The molecule has 0 radical (unpaired) electrons. The predicted molar refractivity (Wildman–Crippen MR) is 133 cm³/mol. The topological polar surface area (TPSA) is 125 Å². The first-order valence-electron chi connectivity index (χ1n) is 12.2. The molecule has 0 atom stereocenters. The van der Waals surface area contributed by atoms with Crippen molar-refractivity contribution in [2.45, 2.75) is 78.2 Å². The maximum absolute atomic E-state index is 12.8. The van der Waals surface area contributed by atoms with Gasteiger partial charge in [-0.25, -0.2) is 0 Å². The molecule has 2 amide bonds. The van der Waals surface area contributed by atoms with E-state index in [-0.39, 0.29) is 51.8 Å². The van der Waals surface area contributed by atoms with Gasteiger partial charge < -0.3 is 25.4 Å². The van der Waals surface area contributed by atoms with Gasteiger partial charge in [-0.3, -0.25) is 9.59 Å². The summed E-state index contributed by atoms with van der Waals surface area (Å²) in [5.41, 5.74) is 0.186. The zero-order chi connectivity index (χ0) is 25.8. The summed E-state index contributed by atoms with van der Waals surface area (Å²) >= 11 is 0. The van der Waals surface area contributed by atoms with Crippen LogP contribution in [0.1, 0.15) is 94.3 Å². The molecule has 0 aliphatic heterocycles. The van der Waals surface area contributed by atoms with E-state index in [0.29, 0.717) is 12.1 Å². The van der Waals surface area contributed by atoms with Gasteiger partial charge in [0.1, 0.15) is 17.1 Å². The first-order valence-corrected chi connectivity index (χ1v) is 12.2. The second-order valence-electron chi connectivity index (χ2n) is 9.88. The summed E-state index contributed by atoms with van der Waals surface area (Å²) < 4.78 is 5.50. The molecule has 0 bridgehead atoms. The maximum Gasteiger partial charge on any atom is 0.274 e. The van der Waals surface area contributed by atoms with Gasteiger partial charge in [0.15, 0.2) is 11.5 Å². The van der Waals surface area contributed by atoms with Gasteiger partial charge in [0.2, 0.25) is 5.91 Å². The molecular weight excluding hydrogens is 446 g/mol. The fourth-order valence-electron chi connectivity index (χ4n) is 4.25. The number of amides is 2. The highest BCUT2D eigenvalue weighted by molar-refractivity contribution is 5.97. The number of phenols is 2. The quantitative estimate of drug-likeness (QED) is 0.452. The van der Waals surface area contributed by atoms with Crippen molar-refractivity contribution in [1.29, 1.82) is 0 Å². The van der Waals surface area contributed by atoms with Crippen LogP contribution >= 0.6 is 0 Å². The molecule has 0 saturated heterocycles. The zero-order valence-corrected chi connectivity index (χ0v) is 21.1. The third-order valence-corrected chi connectivity index (χ3v) is 6.17. The zero-order valence-electron chi connectivity index (χ0n) is 21.1. The van der Waals surface area contributed by atoms with Gasteiger partial charge in [0, 0.05) is 18.5 Å². The lowest BCUT2D eigenvalue weighted by Crippen LogP contribution is -2.45. The summed E-state index contributed by atoms with van der Waals surface area (Å²) in [5, 5.41) is 30.4. The van der Waals surface area contributed by atoms with Crippen molar-refractivity contribution in [2.75, 3.05) is 6.54 Å². The summed E-state index contributed by atoms with van der Waals surface area (Å²) in [6, 6.07) is 2.85. The van der Waals surface area contributed by atoms with E-state index >= 15 is 0 Å². The summed E-state index contributed by atoms with van der Waals surface area (Å²) in [5.74, 6) is 5.38. The van der Waals surface area contributed by atoms with E-state index in [2.05, 4.69) is 27.6 Å². The van der Waals surface area contributed by atoms with Gasteiger partial charge in [-0.05, 0) is 51.2 Å². The number of carbonyl (C=O) groups excluding carboxylic acids is 2. The minimum Gasteiger partial charge on any atom is -0.508 e. The first-order chi connectivity index (χ1) is 16.5. The highest BCUT2D eigenvalue weighted by Gasteiger charge is 2.28. The number of rotatable bonds is 6. The Hall–Kier alpha value is -3.47. The second kappa shape index (κ2) is 10.9. The Morgan fingerprint density at radius 2 is 1.86 bits per heavy atom. The number of aromatic hydroxyl groups is 2. The Bertz CT molecular complexity index is 1150. The van der Waals surface area contributed by atoms with Gasteiger partial charge >= 0.3 is 0 Å². The maximum atomic E-state index is 12.8. The summed E-state index contributed by atoms with van der Waals surface area (Å²) in [4.78, 5) is 25.4. The van der Waals surface area contributed by atoms with Crippen LogP contribution in [0, 0.1) is 17.8 Å². The van der Waals surface area contributed by atoms with Crippen LogP contribution in [0.15, 0.2) is 16.7 Å². The molecule has 1 heterocycles. The number of benzene rings is 1. The Morgan fingerprint density at radius 3 is 2.49 bits per heavy atom.